The Morgan fingerprint density at radius 3 is 2.67 bits per heavy atom. The average Bonchev–Trinajstić information content (AvgIpc) is 2.66. The van der Waals surface area contributed by atoms with Crippen molar-refractivity contribution in [1.29, 1.82) is 0 Å². The lowest BCUT2D eigenvalue weighted by Gasteiger charge is -2.24. The molecular weight excluding hydrogens is 264 g/mol. The molecule has 0 radical (unpaired) electrons. The smallest absolute Gasteiger partial charge is 0.237 e. The summed E-state index contributed by atoms with van der Waals surface area (Å²) in [6, 6.07) is 6.56. The molecule has 0 spiro atoms. The third-order valence-electron chi connectivity index (χ3n) is 4.42. The fourth-order valence-corrected chi connectivity index (χ4v) is 2.98. The van der Waals surface area contributed by atoms with Crippen LogP contribution in [0.15, 0.2) is 24.3 Å². The van der Waals surface area contributed by atoms with Gasteiger partial charge in [-0.05, 0) is 42.9 Å². The van der Waals surface area contributed by atoms with E-state index >= 15 is 0 Å². The second kappa shape index (κ2) is 7.46. The Morgan fingerprint density at radius 2 is 1.95 bits per heavy atom. The van der Waals surface area contributed by atoms with Crippen LogP contribution in [-0.2, 0) is 11.2 Å². The van der Waals surface area contributed by atoms with Crippen LogP contribution in [0.1, 0.15) is 44.6 Å². The Morgan fingerprint density at radius 1 is 1.29 bits per heavy atom. The maximum Gasteiger partial charge on any atom is 0.237 e. The first-order chi connectivity index (χ1) is 10.1. The zero-order valence-electron chi connectivity index (χ0n) is 12.7. The predicted molar refractivity (Wildman–Crippen MR) is 84.0 cm³/mol. The number of phenols is 1. The number of aromatic hydroxyl groups is 1. The van der Waals surface area contributed by atoms with E-state index in [0.29, 0.717) is 12.3 Å². The highest BCUT2D eigenvalue weighted by molar-refractivity contribution is 5.82. The second-order valence-electron chi connectivity index (χ2n) is 6.21. The molecule has 1 aromatic carbocycles. The zero-order valence-corrected chi connectivity index (χ0v) is 12.7. The molecule has 0 aromatic heterocycles. The highest BCUT2D eigenvalue weighted by Gasteiger charge is 2.24. The first kappa shape index (κ1) is 15.8. The molecule has 2 rings (SSSR count). The van der Waals surface area contributed by atoms with Gasteiger partial charge in [0, 0.05) is 6.04 Å². The lowest BCUT2D eigenvalue weighted by molar-refractivity contribution is -0.123. The molecule has 116 valence electrons. The van der Waals surface area contributed by atoms with Gasteiger partial charge in [0.05, 0.1) is 6.04 Å². The third-order valence-corrected chi connectivity index (χ3v) is 4.42. The number of benzene rings is 1. The number of hydrogen-bond donors (Lipinski definition) is 3. The first-order valence-corrected chi connectivity index (χ1v) is 7.90. The zero-order chi connectivity index (χ0) is 15.2. The molecule has 4 N–H and O–H groups in total. The minimum Gasteiger partial charge on any atom is -0.508 e. The van der Waals surface area contributed by atoms with Crippen LogP contribution in [0, 0.1) is 5.92 Å². The number of amides is 1. The predicted octanol–water partition coefficient (Wildman–Crippen LogP) is 2.35. The summed E-state index contributed by atoms with van der Waals surface area (Å²) in [5, 5.41) is 12.4. The van der Waals surface area contributed by atoms with Gasteiger partial charge in [-0.1, -0.05) is 38.3 Å². The van der Waals surface area contributed by atoms with Gasteiger partial charge < -0.3 is 16.2 Å². The molecule has 3 atom stereocenters. The van der Waals surface area contributed by atoms with Crippen LogP contribution in [-0.4, -0.2) is 23.1 Å². The monoisotopic (exact) mass is 290 g/mol. The van der Waals surface area contributed by atoms with Crippen LogP contribution in [0.4, 0.5) is 0 Å². The van der Waals surface area contributed by atoms with Gasteiger partial charge in [0.15, 0.2) is 0 Å². The van der Waals surface area contributed by atoms with Crippen molar-refractivity contribution in [3.63, 3.8) is 0 Å². The Kier molecular flexibility index (Phi) is 5.62. The fourth-order valence-electron chi connectivity index (χ4n) is 2.98. The molecule has 4 nitrogen and oxygen atoms in total. The Hall–Kier alpha value is -1.55. The highest BCUT2D eigenvalue weighted by atomic mass is 16.3. The van der Waals surface area contributed by atoms with Gasteiger partial charge in [-0.3, -0.25) is 4.79 Å². The van der Waals surface area contributed by atoms with E-state index in [0.717, 1.165) is 12.0 Å². The maximum absolute atomic E-state index is 12.3. The van der Waals surface area contributed by atoms with Crippen molar-refractivity contribution >= 4 is 5.91 Å². The van der Waals surface area contributed by atoms with Gasteiger partial charge in [-0.15, -0.1) is 0 Å². The van der Waals surface area contributed by atoms with Crippen LogP contribution in [0.3, 0.4) is 0 Å². The average molecular weight is 290 g/mol. The van der Waals surface area contributed by atoms with E-state index in [4.69, 9.17) is 5.73 Å². The summed E-state index contributed by atoms with van der Waals surface area (Å²) in [7, 11) is 0. The largest absolute Gasteiger partial charge is 0.508 e. The lowest BCUT2D eigenvalue weighted by atomic mass is 9.96. The van der Waals surface area contributed by atoms with Crippen LogP contribution >= 0.6 is 0 Å². The van der Waals surface area contributed by atoms with Gasteiger partial charge in [-0.2, -0.15) is 0 Å². The molecule has 1 amide bonds. The van der Waals surface area contributed by atoms with Gasteiger partial charge in [-0.25, -0.2) is 0 Å². The van der Waals surface area contributed by atoms with Crippen molar-refractivity contribution in [3.8, 4) is 5.75 Å². The third kappa shape index (κ3) is 4.74. The molecule has 0 saturated heterocycles. The molecule has 1 aliphatic rings. The standard InChI is InChI=1S/C17H26N2O2/c1-12-5-3-2-4-6-16(12)19-17(21)15(18)11-13-7-9-14(20)10-8-13/h7-10,12,15-16,20H,2-6,11,18H2,1H3,(H,19,21)/t12?,15-,16?/m0/s1. The van der Waals surface area contributed by atoms with Crippen molar-refractivity contribution in [2.24, 2.45) is 11.7 Å². The van der Waals surface area contributed by atoms with Crippen molar-refractivity contribution in [2.45, 2.75) is 57.5 Å². The SMILES string of the molecule is CC1CCCCCC1NC(=O)[C@@H](N)Cc1ccc(O)cc1. The summed E-state index contributed by atoms with van der Waals surface area (Å²) < 4.78 is 0. The molecular formula is C17H26N2O2. The van der Waals surface area contributed by atoms with Crippen molar-refractivity contribution in [2.75, 3.05) is 0 Å². The summed E-state index contributed by atoms with van der Waals surface area (Å²) in [5.74, 6) is 0.684. The molecule has 4 heteroatoms. The molecule has 2 unspecified atom stereocenters. The number of phenolic OH excluding ortho intramolecular Hbond substituents is 1. The quantitative estimate of drug-likeness (QED) is 0.745. The summed E-state index contributed by atoms with van der Waals surface area (Å²) in [4.78, 5) is 12.3. The topological polar surface area (TPSA) is 75.4 Å². The van der Waals surface area contributed by atoms with Gasteiger partial charge >= 0.3 is 0 Å². The van der Waals surface area contributed by atoms with Gasteiger partial charge in [0.25, 0.3) is 0 Å². The molecule has 1 aliphatic carbocycles. The second-order valence-corrected chi connectivity index (χ2v) is 6.21. The molecule has 1 fully saturated rings. The normalized spacial score (nSPS) is 24.1. The Labute approximate surface area is 126 Å². The minimum atomic E-state index is -0.537. The Bertz CT molecular complexity index is 458. The molecule has 0 aliphatic heterocycles. The molecule has 0 bridgehead atoms. The minimum absolute atomic E-state index is 0.0678. The van der Waals surface area contributed by atoms with Crippen molar-refractivity contribution in [3.05, 3.63) is 29.8 Å². The maximum atomic E-state index is 12.3. The van der Waals surface area contributed by atoms with E-state index in [1.165, 1.54) is 25.7 Å². The van der Waals surface area contributed by atoms with Gasteiger partial charge in [0.1, 0.15) is 5.75 Å². The summed E-state index contributed by atoms with van der Waals surface area (Å²) in [6.07, 6.45) is 6.43. The van der Waals surface area contributed by atoms with E-state index in [1.807, 2.05) is 0 Å². The number of carbonyl (C=O) groups is 1. The van der Waals surface area contributed by atoms with Crippen LogP contribution in [0.5, 0.6) is 5.75 Å². The van der Waals surface area contributed by atoms with E-state index in [1.54, 1.807) is 24.3 Å². The number of carbonyl (C=O) groups excluding carboxylic acids is 1. The number of nitrogens with one attached hydrogen (secondary N) is 1. The summed E-state index contributed by atoms with van der Waals surface area (Å²) in [5.41, 5.74) is 6.98. The molecule has 0 heterocycles. The van der Waals surface area contributed by atoms with E-state index < -0.39 is 6.04 Å². The Balaban J connectivity index is 1.88. The van der Waals surface area contributed by atoms with Crippen LogP contribution in [0.2, 0.25) is 0 Å². The highest BCUT2D eigenvalue weighted by Crippen LogP contribution is 2.23. The number of hydrogen-bond acceptors (Lipinski definition) is 3. The number of nitrogens with two attached hydrogens (primary N) is 1. The number of rotatable bonds is 4. The fraction of sp³-hybridized carbons (Fsp3) is 0.588. The lowest BCUT2D eigenvalue weighted by Crippen LogP contribution is -2.48. The van der Waals surface area contributed by atoms with E-state index in [-0.39, 0.29) is 17.7 Å². The first-order valence-electron chi connectivity index (χ1n) is 7.90. The molecule has 1 saturated carbocycles. The summed E-state index contributed by atoms with van der Waals surface area (Å²) in [6.45, 7) is 2.21. The van der Waals surface area contributed by atoms with E-state index in [2.05, 4.69) is 12.2 Å². The van der Waals surface area contributed by atoms with Crippen LogP contribution < -0.4 is 11.1 Å². The molecule has 21 heavy (non-hydrogen) atoms. The van der Waals surface area contributed by atoms with Crippen molar-refractivity contribution < 1.29 is 9.90 Å². The van der Waals surface area contributed by atoms with Crippen molar-refractivity contribution in [1.82, 2.24) is 5.32 Å². The van der Waals surface area contributed by atoms with E-state index in [9.17, 15) is 9.90 Å². The summed E-state index contributed by atoms with van der Waals surface area (Å²) >= 11 is 0. The van der Waals surface area contributed by atoms with Crippen LogP contribution in [0.25, 0.3) is 0 Å². The van der Waals surface area contributed by atoms with Gasteiger partial charge in [0.2, 0.25) is 5.91 Å². The molecule has 1 aromatic rings.